The van der Waals surface area contributed by atoms with E-state index in [1.54, 1.807) is 24.3 Å². The fraction of sp³-hybridized carbons (Fsp3) is 0.200. The summed E-state index contributed by atoms with van der Waals surface area (Å²) in [6.45, 7) is 1.87. The first-order valence-electron chi connectivity index (χ1n) is 5.98. The normalized spacial score (nSPS) is 13.3. The van der Waals surface area contributed by atoms with E-state index in [1.165, 1.54) is 12.1 Å². The van der Waals surface area contributed by atoms with Crippen LogP contribution in [0, 0.1) is 6.92 Å². The van der Waals surface area contributed by atoms with Crippen molar-refractivity contribution < 1.29 is 13.2 Å². The molecule has 0 saturated carbocycles. The molecule has 2 N–H and O–H groups in total. The van der Waals surface area contributed by atoms with E-state index < -0.39 is 17.8 Å². The van der Waals surface area contributed by atoms with Gasteiger partial charge in [0.1, 0.15) is 0 Å². The van der Waals surface area contributed by atoms with Crippen LogP contribution in [0.2, 0.25) is 0 Å². The van der Waals surface area contributed by atoms with Crippen LogP contribution in [0.25, 0.3) is 0 Å². The van der Waals surface area contributed by atoms with Gasteiger partial charge in [0, 0.05) is 4.47 Å². The van der Waals surface area contributed by atoms with Crippen molar-refractivity contribution >= 4 is 15.9 Å². The molecule has 0 radical (unpaired) electrons. The van der Waals surface area contributed by atoms with Crippen LogP contribution in [-0.2, 0) is 6.18 Å². The van der Waals surface area contributed by atoms with Crippen molar-refractivity contribution in [2.75, 3.05) is 0 Å². The minimum absolute atomic E-state index is 0.0849. The van der Waals surface area contributed by atoms with E-state index in [-0.39, 0.29) is 5.56 Å². The molecule has 2 aromatic rings. The number of rotatable bonds is 2. The highest BCUT2D eigenvalue weighted by molar-refractivity contribution is 9.10. The lowest BCUT2D eigenvalue weighted by Gasteiger charge is -2.19. The van der Waals surface area contributed by atoms with Gasteiger partial charge in [-0.15, -0.1) is 0 Å². The molecule has 0 aliphatic rings. The summed E-state index contributed by atoms with van der Waals surface area (Å²) >= 11 is 3.36. The van der Waals surface area contributed by atoms with Crippen molar-refractivity contribution in [2.24, 2.45) is 5.73 Å². The van der Waals surface area contributed by atoms with Crippen molar-refractivity contribution in [3.63, 3.8) is 0 Å². The molecule has 1 atom stereocenters. The third kappa shape index (κ3) is 3.04. The Morgan fingerprint density at radius 3 is 2.35 bits per heavy atom. The van der Waals surface area contributed by atoms with Gasteiger partial charge in [0.05, 0.1) is 11.6 Å². The van der Waals surface area contributed by atoms with Crippen molar-refractivity contribution in [1.82, 2.24) is 0 Å². The summed E-state index contributed by atoms with van der Waals surface area (Å²) in [5.41, 5.74) is 7.00. The number of aryl methyl sites for hydroxylation is 1. The highest BCUT2D eigenvalue weighted by atomic mass is 79.9. The molecule has 2 rings (SSSR count). The number of benzene rings is 2. The van der Waals surface area contributed by atoms with Gasteiger partial charge < -0.3 is 5.73 Å². The maximum absolute atomic E-state index is 13.0. The van der Waals surface area contributed by atoms with Crippen LogP contribution in [0.15, 0.2) is 46.9 Å². The lowest BCUT2D eigenvalue weighted by molar-refractivity contribution is -0.138. The maximum atomic E-state index is 13.0. The Morgan fingerprint density at radius 2 is 1.75 bits per heavy atom. The number of hydrogen-bond donors (Lipinski definition) is 1. The summed E-state index contributed by atoms with van der Waals surface area (Å²) in [6.07, 6.45) is -4.40. The summed E-state index contributed by atoms with van der Waals surface area (Å²) in [5.74, 6) is 0. The van der Waals surface area contributed by atoms with Crippen molar-refractivity contribution in [3.8, 4) is 0 Å². The zero-order valence-electron chi connectivity index (χ0n) is 10.7. The molecule has 0 bridgehead atoms. The van der Waals surface area contributed by atoms with Crippen LogP contribution in [0.4, 0.5) is 13.2 Å². The molecular weight excluding hydrogens is 331 g/mol. The van der Waals surface area contributed by atoms with E-state index in [2.05, 4.69) is 15.9 Å². The second-order valence-corrected chi connectivity index (χ2v) is 5.43. The zero-order chi connectivity index (χ0) is 14.9. The van der Waals surface area contributed by atoms with Crippen molar-refractivity contribution in [1.29, 1.82) is 0 Å². The van der Waals surface area contributed by atoms with E-state index in [4.69, 9.17) is 5.73 Å². The summed E-state index contributed by atoms with van der Waals surface area (Å²) < 4.78 is 39.9. The first-order chi connectivity index (χ1) is 9.30. The largest absolute Gasteiger partial charge is 0.416 e. The van der Waals surface area contributed by atoms with Gasteiger partial charge in [-0.05, 0) is 35.7 Å². The Labute approximate surface area is 123 Å². The Morgan fingerprint density at radius 1 is 1.10 bits per heavy atom. The molecule has 1 nitrogen and oxygen atoms in total. The number of halogens is 4. The number of hydrogen-bond acceptors (Lipinski definition) is 1. The molecule has 0 aromatic heterocycles. The Balaban J connectivity index is 2.48. The third-order valence-electron chi connectivity index (χ3n) is 3.14. The fourth-order valence-corrected chi connectivity index (χ4v) is 2.31. The van der Waals surface area contributed by atoms with Gasteiger partial charge in [0.2, 0.25) is 0 Å². The fourth-order valence-electron chi connectivity index (χ4n) is 2.07. The van der Waals surface area contributed by atoms with E-state index >= 15 is 0 Å². The Hall–Kier alpha value is -1.33. The standard InChI is InChI=1S/C15H13BrF3N/c1-9-8-10(6-7-13(9)16)14(20)11-4-2-3-5-12(11)15(17,18)19/h2-8,14H,20H2,1H3. The monoisotopic (exact) mass is 343 g/mol. The molecule has 0 aliphatic carbocycles. The summed E-state index contributed by atoms with van der Waals surface area (Å²) in [7, 11) is 0. The second kappa shape index (κ2) is 5.58. The van der Waals surface area contributed by atoms with Crippen LogP contribution in [-0.4, -0.2) is 0 Å². The number of alkyl halides is 3. The predicted octanol–water partition coefficient (Wildman–Crippen LogP) is 4.82. The lowest BCUT2D eigenvalue weighted by atomic mass is 9.94. The summed E-state index contributed by atoms with van der Waals surface area (Å²) in [6, 6.07) is 9.92. The van der Waals surface area contributed by atoms with Gasteiger partial charge in [0.15, 0.2) is 0 Å². The van der Waals surface area contributed by atoms with E-state index in [1.807, 2.05) is 6.92 Å². The van der Waals surface area contributed by atoms with Gasteiger partial charge in [-0.2, -0.15) is 13.2 Å². The third-order valence-corrected chi connectivity index (χ3v) is 4.03. The van der Waals surface area contributed by atoms with Gasteiger partial charge in [-0.1, -0.05) is 46.3 Å². The first kappa shape index (κ1) is 15.1. The molecule has 0 fully saturated rings. The average Bonchev–Trinajstić information content (AvgIpc) is 2.40. The SMILES string of the molecule is Cc1cc(C(N)c2ccccc2C(F)(F)F)ccc1Br. The molecular formula is C15H13BrF3N. The quantitative estimate of drug-likeness (QED) is 0.830. The molecule has 0 aliphatic heterocycles. The maximum Gasteiger partial charge on any atom is 0.416 e. The molecule has 1 unspecified atom stereocenters. The molecule has 0 spiro atoms. The molecule has 106 valence electrons. The first-order valence-corrected chi connectivity index (χ1v) is 6.77. The summed E-state index contributed by atoms with van der Waals surface area (Å²) in [4.78, 5) is 0. The van der Waals surface area contributed by atoms with E-state index in [0.29, 0.717) is 5.56 Å². The molecule has 2 aromatic carbocycles. The van der Waals surface area contributed by atoms with Crippen molar-refractivity contribution in [2.45, 2.75) is 19.1 Å². The summed E-state index contributed by atoms with van der Waals surface area (Å²) in [5, 5.41) is 0. The van der Waals surface area contributed by atoms with E-state index in [0.717, 1.165) is 16.1 Å². The van der Waals surface area contributed by atoms with Gasteiger partial charge >= 0.3 is 6.18 Å². The molecule has 0 amide bonds. The minimum atomic E-state index is -4.40. The lowest BCUT2D eigenvalue weighted by Crippen LogP contribution is -2.18. The molecule has 0 heterocycles. The number of nitrogens with two attached hydrogens (primary N) is 1. The van der Waals surface area contributed by atoms with Gasteiger partial charge in [0.25, 0.3) is 0 Å². The van der Waals surface area contributed by atoms with Crippen molar-refractivity contribution in [3.05, 3.63) is 69.2 Å². The highest BCUT2D eigenvalue weighted by Gasteiger charge is 2.34. The Kier molecular flexibility index (Phi) is 4.20. The van der Waals surface area contributed by atoms with Crippen LogP contribution in [0.5, 0.6) is 0 Å². The zero-order valence-corrected chi connectivity index (χ0v) is 12.3. The topological polar surface area (TPSA) is 26.0 Å². The average molecular weight is 344 g/mol. The second-order valence-electron chi connectivity index (χ2n) is 4.57. The van der Waals surface area contributed by atoms with Gasteiger partial charge in [-0.25, -0.2) is 0 Å². The van der Waals surface area contributed by atoms with Crippen LogP contribution in [0.1, 0.15) is 28.3 Å². The predicted molar refractivity (Wildman–Crippen MR) is 76.4 cm³/mol. The smallest absolute Gasteiger partial charge is 0.320 e. The highest BCUT2D eigenvalue weighted by Crippen LogP contribution is 2.36. The Bertz CT molecular complexity index is 623. The minimum Gasteiger partial charge on any atom is -0.320 e. The van der Waals surface area contributed by atoms with E-state index in [9.17, 15) is 13.2 Å². The molecule has 0 saturated heterocycles. The van der Waals surface area contributed by atoms with Crippen LogP contribution in [0.3, 0.4) is 0 Å². The van der Waals surface area contributed by atoms with Gasteiger partial charge in [-0.3, -0.25) is 0 Å². The molecule has 20 heavy (non-hydrogen) atoms. The van der Waals surface area contributed by atoms with Crippen LogP contribution >= 0.6 is 15.9 Å². The molecule has 5 heteroatoms. The van der Waals surface area contributed by atoms with Crippen LogP contribution < -0.4 is 5.73 Å².